The van der Waals surface area contributed by atoms with Gasteiger partial charge in [0.25, 0.3) is 17.4 Å². The molecule has 146 valence electrons. The van der Waals surface area contributed by atoms with E-state index in [-0.39, 0.29) is 17.5 Å². The Morgan fingerprint density at radius 2 is 1.96 bits per heavy atom. The van der Waals surface area contributed by atoms with Crippen LogP contribution in [0.5, 0.6) is 0 Å². The highest BCUT2D eigenvalue weighted by Crippen LogP contribution is 2.32. The van der Waals surface area contributed by atoms with Crippen LogP contribution in [0.25, 0.3) is 0 Å². The molecule has 0 spiro atoms. The maximum absolute atomic E-state index is 12.8. The Labute approximate surface area is 162 Å². The van der Waals surface area contributed by atoms with Gasteiger partial charge in [-0.2, -0.15) is 0 Å². The second-order valence-corrected chi connectivity index (χ2v) is 7.51. The standard InChI is InChI=1S/C20H23N5O3/c21-17(26)13-10-12-14(24-19(13)27)6-3-7-15(12)25-20(28)16-8-9-22-18(23-16)11-4-1-2-5-11/h8-11,15H,1-7H2,(H2,21,26)(H,24,27)(H,25,28). The van der Waals surface area contributed by atoms with E-state index >= 15 is 0 Å². The van der Waals surface area contributed by atoms with Gasteiger partial charge in [0.15, 0.2) is 0 Å². The molecule has 2 amide bonds. The quantitative estimate of drug-likeness (QED) is 0.742. The van der Waals surface area contributed by atoms with E-state index in [9.17, 15) is 14.4 Å². The molecule has 1 saturated carbocycles. The summed E-state index contributed by atoms with van der Waals surface area (Å²) in [6, 6.07) is 2.81. The van der Waals surface area contributed by atoms with Crippen LogP contribution in [0.15, 0.2) is 23.1 Å². The molecule has 0 aromatic carbocycles. The van der Waals surface area contributed by atoms with Gasteiger partial charge < -0.3 is 16.0 Å². The number of pyridine rings is 1. The fourth-order valence-electron chi connectivity index (χ4n) is 4.19. The summed E-state index contributed by atoms with van der Waals surface area (Å²) in [7, 11) is 0. The van der Waals surface area contributed by atoms with Gasteiger partial charge in [-0.25, -0.2) is 9.97 Å². The number of hydrogen-bond acceptors (Lipinski definition) is 5. The van der Waals surface area contributed by atoms with E-state index in [1.54, 1.807) is 12.3 Å². The summed E-state index contributed by atoms with van der Waals surface area (Å²) in [4.78, 5) is 47.9. The number of primary amides is 1. The van der Waals surface area contributed by atoms with Crippen LogP contribution in [0, 0.1) is 0 Å². The van der Waals surface area contributed by atoms with Crippen molar-refractivity contribution in [2.75, 3.05) is 0 Å². The van der Waals surface area contributed by atoms with Crippen LogP contribution in [-0.4, -0.2) is 26.8 Å². The molecule has 1 atom stereocenters. The minimum Gasteiger partial charge on any atom is -0.365 e. The third-order valence-corrected chi connectivity index (χ3v) is 5.65. The lowest BCUT2D eigenvalue weighted by Crippen LogP contribution is -2.34. The molecule has 2 heterocycles. The maximum atomic E-state index is 12.8. The summed E-state index contributed by atoms with van der Waals surface area (Å²) < 4.78 is 0. The summed E-state index contributed by atoms with van der Waals surface area (Å²) in [5.74, 6) is -0.0103. The van der Waals surface area contributed by atoms with Crippen molar-refractivity contribution in [2.45, 2.75) is 56.9 Å². The van der Waals surface area contributed by atoms with E-state index in [4.69, 9.17) is 5.73 Å². The van der Waals surface area contributed by atoms with Crippen LogP contribution in [0.2, 0.25) is 0 Å². The topological polar surface area (TPSA) is 131 Å². The Morgan fingerprint density at radius 1 is 1.18 bits per heavy atom. The van der Waals surface area contributed by atoms with Crippen molar-refractivity contribution in [3.8, 4) is 0 Å². The average Bonchev–Trinajstić information content (AvgIpc) is 3.22. The number of rotatable bonds is 4. The van der Waals surface area contributed by atoms with Gasteiger partial charge in [0.2, 0.25) is 0 Å². The Kier molecular flexibility index (Phi) is 4.93. The van der Waals surface area contributed by atoms with E-state index in [2.05, 4.69) is 20.3 Å². The number of nitrogens with zero attached hydrogens (tertiary/aromatic N) is 2. The van der Waals surface area contributed by atoms with Crippen molar-refractivity contribution in [2.24, 2.45) is 5.73 Å². The lowest BCUT2D eigenvalue weighted by atomic mass is 9.90. The van der Waals surface area contributed by atoms with Crippen LogP contribution in [0.4, 0.5) is 0 Å². The molecular weight excluding hydrogens is 358 g/mol. The average molecular weight is 381 g/mol. The van der Waals surface area contributed by atoms with Crippen molar-refractivity contribution < 1.29 is 9.59 Å². The number of aryl methyl sites for hydroxylation is 1. The molecule has 1 unspecified atom stereocenters. The van der Waals surface area contributed by atoms with E-state index in [1.807, 2.05) is 0 Å². The first kappa shape index (κ1) is 18.3. The zero-order valence-corrected chi connectivity index (χ0v) is 15.5. The first-order valence-electron chi connectivity index (χ1n) is 9.72. The largest absolute Gasteiger partial charge is 0.365 e. The molecule has 1 fully saturated rings. The van der Waals surface area contributed by atoms with Gasteiger partial charge in [-0.05, 0) is 49.8 Å². The highest BCUT2D eigenvalue weighted by atomic mass is 16.2. The fraction of sp³-hybridized carbons (Fsp3) is 0.450. The first-order chi connectivity index (χ1) is 13.5. The number of hydrogen-bond donors (Lipinski definition) is 3. The van der Waals surface area contributed by atoms with Crippen LogP contribution in [0.3, 0.4) is 0 Å². The molecule has 0 radical (unpaired) electrons. The van der Waals surface area contributed by atoms with Crippen molar-refractivity contribution >= 4 is 11.8 Å². The van der Waals surface area contributed by atoms with Crippen molar-refractivity contribution in [3.05, 3.63) is 57.0 Å². The molecule has 0 aliphatic heterocycles. The van der Waals surface area contributed by atoms with Gasteiger partial charge in [0, 0.05) is 17.8 Å². The molecule has 2 aliphatic carbocycles. The van der Waals surface area contributed by atoms with Crippen molar-refractivity contribution in [1.29, 1.82) is 0 Å². The van der Waals surface area contributed by atoms with Gasteiger partial charge in [0.1, 0.15) is 17.1 Å². The van der Waals surface area contributed by atoms with Crippen LogP contribution < -0.4 is 16.6 Å². The number of H-pyrrole nitrogens is 1. The Balaban J connectivity index is 1.58. The number of carbonyl (C=O) groups excluding carboxylic acids is 2. The molecule has 4 N–H and O–H groups in total. The normalized spacial score (nSPS) is 19.2. The highest BCUT2D eigenvalue weighted by molar-refractivity contribution is 5.93. The van der Waals surface area contributed by atoms with E-state index in [0.717, 1.165) is 36.3 Å². The maximum Gasteiger partial charge on any atom is 0.270 e. The molecule has 8 heteroatoms. The number of nitrogens with one attached hydrogen (secondary N) is 2. The summed E-state index contributed by atoms with van der Waals surface area (Å²) in [5.41, 5.74) is 6.52. The van der Waals surface area contributed by atoms with Gasteiger partial charge in [-0.3, -0.25) is 14.4 Å². The van der Waals surface area contributed by atoms with Crippen molar-refractivity contribution in [3.63, 3.8) is 0 Å². The third kappa shape index (κ3) is 3.54. The highest BCUT2D eigenvalue weighted by Gasteiger charge is 2.26. The molecule has 2 aliphatic rings. The van der Waals surface area contributed by atoms with E-state index in [1.165, 1.54) is 18.9 Å². The molecule has 4 rings (SSSR count). The first-order valence-corrected chi connectivity index (χ1v) is 9.72. The van der Waals surface area contributed by atoms with E-state index in [0.29, 0.717) is 24.5 Å². The number of fused-ring (bicyclic) bond motifs is 1. The van der Waals surface area contributed by atoms with E-state index < -0.39 is 11.5 Å². The summed E-state index contributed by atoms with van der Waals surface area (Å²) >= 11 is 0. The minimum absolute atomic E-state index is 0.0922. The monoisotopic (exact) mass is 381 g/mol. The lowest BCUT2D eigenvalue weighted by molar-refractivity contribution is 0.0926. The number of nitrogens with two attached hydrogens (primary N) is 1. The van der Waals surface area contributed by atoms with Gasteiger partial charge in [-0.1, -0.05) is 12.8 Å². The minimum atomic E-state index is -0.781. The molecular formula is C20H23N5O3. The van der Waals surface area contributed by atoms with Crippen LogP contribution in [0.1, 0.15) is 88.4 Å². The summed E-state index contributed by atoms with van der Waals surface area (Å²) in [6.07, 6.45) is 8.31. The van der Waals surface area contributed by atoms with Gasteiger partial charge in [-0.15, -0.1) is 0 Å². The van der Waals surface area contributed by atoms with Crippen molar-refractivity contribution in [1.82, 2.24) is 20.3 Å². The second-order valence-electron chi connectivity index (χ2n) is 7.51. The second kappa shape index (κ2) is 7.53. The number of amides is 2. The molecule has 8 nitrogen and oxygen atoms in total. The smallest absolute Gasteiger partial charge is 0.270 e. The molecule has 0 bridgehead atoms. The number of carbonyl (C=O) groups is 2. The van der Waals surface area contributed by atoms with Crippen LogP contribution in [-0.2, 0) is 6.42 Å². The Morgan fingerprint density at radius 3 is 2.71 bits per heavy atom. The molecule has 2 aromatic rings. The third-order valence-electron chi connectivity index (χ3n) is 5.65. The molecule has 2 aromatic heterocycles. The van der Waals surface area contributed by atoms with Crippen LogP contribution >= 0.6 is 0 Å². The predicted molar refractivity (Wildman–Crippen MR) is 102 cm³/mol. The Hall–Kier alpha value is -3.03. The van der Waals surface area contributed by atoms with Gasteiger partial charge >= 0.3 is 0 Å². The lowest BCUT2D eigenvalue weighted by Gasteiger charge is -2.26. The molecule has 0 saturated heterocycles. The number of aromatic amines is 1. The molecule has 28 heavy (non-hydrogen) atoms. The summed E-state index contributed by atoms with van der Waals surface area (Å²) in [5, 5.41) is 2.99. The zero-order chi connectivity index (χ0) is 19.7. The SMILES string of the molecule is NC(=O)c1cc2c([nH]c1=O)CCCC2NC(=O)c1ccnc(C2CCCC2)n1. The fourth-order valence-corrected chi connectivity index (χ4v) is 4.19. The Bertz CT molecular complexity index is 978. The number of aromatic nitrogens is 3. The van der Waals surface area contributed by atoms with Gasteiger partial charge in [0.05, 0.1) is 6.04 Å². The summed E-state index contributed by atoms with van der Waals surface area (Å²) in [6.45, 7) is 0. The zero-order valence-electron chi connectivity index (χ0n) is 15.5. The predicted octanol–water partition coefficient (Wildman–Crippen LogP) is 1.73.